The standard InChI is InChI=1S/C12H13.2FH.Hf/c1-9(2)11-8-7-10-5-3-4-6-12(10)11;;;/h3-9H,1-2H3;2*1H;. The quantitative estimate of drug-likeness (QED) is 0.660. The number of halogens is 2. The Bertz CT molecular complexity index is 360. The predicted molar refractivity (Wildman–Crippen MR) is 57.0 cm³/mol. The molecule has 0 spiro atoms. The Hall–Kier alpha value is -0.310. The van der Waals surface area contributed by atoms with E-state index in [2.05, 4.69) is 50.3 Å². The fourth-order valence-electron chi connectivity index (χ4n) is 1.83. The van der Waals surface area contributed by atoms with Gasteiger partial charge in [-0.25, -0.2) is 0 Å². The molecule has 81 valence electrons. The van der Waals surface area contributed by atoms with Gasteiger partial charge < -0.3 is 0 Å². The number of benzene rings is 1. The Kier molecular flexibility index (Phi) is 5.04. The van der Waals surface area contributed by atoms with Crippen LogP contribution in [0.1, 0.15) is 25.0 Å². The van der Waals surface area contributed by atoms with Gasteiger partial charge in [0.25, 0.3) is 0 Å². The van der Waals surface area contributed by atoms with Crippen LogP contribution in [0.4, 0.5) is 9.41 Å². The van der Waals surface area contributed by atoms with Crippen molar-refractivity contribution in [3.63, 3.8) is 0 Å². The predicted octanol–water partition coefficient (Wildman–Crippen LogP) is 3.42. The molecule has 3 heteroatoms. The molecule has 0 heterocycles. The number of hydrogen-bond donors (Lipinski definition) is 0. The zero-order valence-corrected chi connectivity index (χ0v) is 12.5. The Labute approximate surface area is 104 Å². The van der Waals surface area contributed by atoms with Crippen LogP contribution < -0.4 is 0 Å². The van der Waals surface area contributed by atoms with Crippen molar-refractivity contribution in [2.45, 2.75) is 17.0 Å². The van der Waals surface area contributed by atoms with Gasteiger partial charge >= 0.3 is 94.9 Å². The molecule has 0 radical (unpaired) electrons. The van der Waals surface area contributed by atoms with Crippen LogP contribution in [0, 0.1) is 5.92 Å². The Morgan fingerprint density at radius 1 is 1.13 bits per heavy atom. The summed E-state index contributed by atoms with van der Waals surface area (Å²) in [5, 5.41) is 0. The van der Waals surface area contributed by atoms with E-state index in [0.717, 1.165) is 5.92 Å². The number of rotatable bonds is 1. The maximum Gasteiger partial charge on any atom is -0.269 e. The van der Waals surface area contributed by atoms with Gasteiger partial charge in [0.2, 0.25) is 0 Å². The fraction of sp³-hybridized carbons (Fsp3) is 0.333. The van der Waals surface area contributed by atoms with E-state index in [9.17, 15) is 0 Å². The molecule has 0 N–H and O–H groups in total. The first-order valence-electron chi connectivity index (χ1n) is 4.68. The summed E-state index contributed by atoms with van der Waals surface area (Å²) < 4.78 is 0.386. The molecule has 1 aliphatic rings. The first-order valence-corrected chi connectivity index (χ1v) is 6.48. The third-order valence-electron chi connectivity index (χ3n) is 2.84. The van der Waals surface area contributed by atoms with Gasteiger partial charge in [-0.3, -0.25) is 9.41 Å². The number of allylic oxidation sites excluding steroid dienone is 1. The molecule has 1 aliphatic carbocycles. The van der Waals surface area contributed by atoms with Crippen LogP contribution in [-0.4, -0.2) is 0 Å². The molecule has 0 saturated carbocycles. The summed E-state index contributed by atoms with van der Waals surface area (Å²) >= 11 is 1.21. The maximum atomic E-state index is 2.40. The van der Waals surface area contributed by atoms with Gasteiger partial charge in [-0.15, -0.1) is 0 Å². The van der Waals surface area contributed by atoms with Crippen LogP contribution in [0.3, 0.4) is 0 Å². The van der Waals surface area contributed by atoms with Crippen LogP contribution >= 0.6 is 0 Å². The normalized spacial score (nSPS) is 21.7. The van der Waals surface area contributed by atoms with Crippen LogP contribution in [0.5, 0.6) is 0 Å². The largest absolute Gasteiger partial charge is 0.269 e. The summed E-state index contributed by atoms with van der Waals surface area (Å²) in [5.41, 5.74) is 2.96. The maximum absolute atomic E-state index is 2.40. The first-order chi connectivity index (χ1) is 6.14. The van der Waals surface area contributed by atoms with Crippen molar-refractivity contribution in [2.75, 3.05) is 0 Å². The summed E-state index contributed by atoms with van der Waals surface area (Å²) in [5.74, 6) is 0.721. The molecule has 0 aliphatic heterocycles. The van der Waals surface area contributed by atoms with E-state index in [1.54, 1.807) is 0 Å². The molecule has 1 aromatic rings. The summed E-state index contributed by atoms with van der Waals surface area (Å²) in [4.78, 5) is 0. The second-order valence-electron chi connectivity index (χ2n) is 3.94. The van der Waals surface area contributed by atoms with Crippen molar-refractivity contribution in [3.8, 4) is 0 Å². The van der Waals surface area contributed by atoms with Crippen molar-refractivity contribution in [2.24, 2.45) is 5.92 Å². The molecule has 0 bridgehead atoms. The molecule has 1 unspecified atom stereocenters. The molecule has 1 aromatic carbocycles. The molecule has 0 amide bonds. The van der Waals surface area contributed by atoms with E-state index in [0.29, 0.717) is 3.17 Å². The Balaban J connectivity index is 0.000000980. The Morgan fingerprint density at radius 2 is 1.73 bits per heavy atom. The minimum absolute atomic E-state index is 0. The molecule has 15 heavy (non-hydrogen) atoms. The molecule has 0 aromatic heterocycles. The van der Waals surface area contributed by atoms with Crippen molar-refractivity contribution >= 4 is 6.08 Å². The van der Waals surface area contributed by atoms with E-state index in [1.807, 2.05) is 0 Å². The minimum Gasteiger partial charge on any atom is -0.269 e. The van der Waals surface area contributed by atoms with Crippen molar-refractivity contribution in [1.82, 2.24) is 0 Å². The van der Waals surface area contributed by atoms with Crippen molar-refractivity contribution in [3.05, 3.63) is 41.5 Å². The summed E-state index contributed by atoms with van der Waals surface area (Å²) in [7, 11) is 0. The summed E-state index contributed by atoms with van der Waals surface area (Å²) in [6, 6.07) is 8.77. The molecule has 0 nitrogen and oxygen atoms in total. The smallest absolute Gasteiger partial charge is 0.269 e. The second kappa shape index (κ2) is 5.15. The zero-order chi connectivity index (χ0) is 9.47. The molecule has 1 atom stereocenters. The van der Waals surface area contributed by atoms with Crippen molar-refractivity contribution in [1.29, 1.82) is 0 Å². The van der Waals surface area contributed by atoms with Crippen molar-refractivity contribution < 1.29 is 33.8 Å². The fourth-order valence-corrected chi connectivity index (χ4v) is 2.95. The average molecular weight is 376 g/mol. The molecule has 0 saturated heterocycles. The minimum atomic E-state index is 0. The third-order valence-corrected chi connectivity index (χ3v) is 6.48. The summed E-state index contributed by atoms with van der Waals surface area (Å²) in [6.07, 6.45) is 4.68. The van der Waals surface area contributed by atoms with Gasteiger partial charge in [-0.1, -0.05) is 0 Å². The van der Waals surface area contributed by atoms with E-state index >= 15 is 0 Å². The Morgan fingerprint density at radius 3 is 2.33 bits per heavy atom. The van der Waals surface area contributed by atoms with Gasteiger partial charge in [0.1, 0.15) is 0 Å². The van der Waals surface area contributed by atoms with E-state index < -0.39 is 0 Å². The van der Waals surface area contributed by atoms with Gasteiger partial charge in [0.15, 0.2) is 0 Å². The van der Waals surface area contributed by atoms with Crippen LogP contribution in [0.25, 0.3) is 6.08 Å². The average Bonchev–Trinajstić information content (AvgIpc) is 2.47. The molecular weight excluding hydrogens is 361 g/mol. The van der Waals surface area contributed by atoms with Crippen LogP contribution in [-0.2, 0) is 27.5 Å². The number of fused-ring (bicyclic) bond motifs is 1. The molecule has 2 rings (SSSR count). The van der Waals surface area contributed by atoms with Gasteiger partial charge in [0, 0.05) is 0 Å². The second-order valence-corrected chi connectivity index (χ2v) is 6.92. The van der Waals surface area contributed by atoms with Gasteiger partial charge in [-0.05, 0) is 0 Å². The van der Waals surface area contributed by atoms with Gasteiger partial charge in [0.05, 0.1) is 0 Å². The van der Waals surface area contributed by atoms with Crippen LogP contribution in [0.2, 0.25) is 0 Å². The van der Waals surface area contributed by atoms with Gasteiger partial charge in [-0.2, -0.15) is 0 Å². The SMILES string of the molecule is CC(C)[C]1([Hf])C=Cc2ccccc21.F.F. The molecular formula is C12H15F2Hf. The first kappa shape index (κ1) is 14.7. The van der Waals surface area contributed by atoms with E-state index in [1.165, 1.54) is 35.5 Å². The topological polar surface area (TPSA) is 0 Å². The van der Waals surface area contributed by atoms with E-state index in [-0.39, 0.29) is 9.41 Å². The summed E-state index contributed by atoms with van der Waals surface area (Å²) in [6.45, 7) is 4.64. The molecule has 0 fully saturated rings. The number of hydrogen-bond acceptors (Lipinski definition) is 0. The third kappa shape index (κ3) is 2.27. The monoisotopic (exact) mass is 377 g/mol. The van der Waals surface area contributed by atoms with E-state index in [4.69, 9.17) is 0 Å². The van der Waals surface area contributed by atoms with Crippen LogP contribution in [0.15, 0.2) is 30.3 Å². The zero-order valence-electron chi connectivity index (χ0n) is 8.86.